The molecule has 0 aliphatic carbocycles. The standard InChI is InChI=1S/C12H24N4O/c1-9(2)11(5-6-17)13-7-12-14-8-15-16(12)10(3)4/h8-11,13,17H,5-7H2,1-4H3. The van der Waals surface area contributed by atoms with Gasteiger partial charge in [-0.25, -0.2) is 9.67 Å². The van der Waals surface area contributed by atoms with Crippen molar-refractivity contribution in [3.63, 3.8) is 0 Å². The number of aromatic nitrogens is 3. The Balaban J connectivity index is 2.56. The number of hydrogen-bond donors (Lipinski definition) is 2. The first kappa shape index (κ1) is 14.1. The molecule has 1 aromatic heterocycles. The van der Waals surface area contributed by atoms with Gasteiger partial charge < -0.3 is 10.4 Å². The Hall–Kier alpha value is -0.940. The Labute approximate surface area is 103 Å². The van der Waals surface area contributed by atoms with Crippen molar-refractivity contribution in [3.8, 4) is 0 Å². The molecular formula is C12H24N4O. The van der Waals surface area contributed by atoms with E-state index in [9.17, 15) is 0 Å². The number of hydrogen-bond acceptors (Lipinski definition) is 4. The second-order valence-corrected chi connectivity index (χ2v) is 4.96. The molecule has 0 spiro atoms. The SMILES string of the molecule is CC(C)C(CCO)NCc1ncnn1C(C)C. The third kappa shape index (κ3) is 4.09. The van der Waals surface area contributed by atoms with E-state index in [0.29, 0.717) is 24.5 Å². The van der Waals surface area contributed by atoms with Crippen molar-refractivity contribution in [2.45, 2.75) is 52.7 Å². The number of nitrogens with one attached hydrogen (secondary N) is 1. The molecule has 0 amide bonds. The summed E-state index contributed by atoms with van der Waals surface area (Å²) in [5.41, 5.74) is 0. The molecule has 0 aliphatic heterocycles. The molecule has 0 fully saturated rings. The molecule has 2 N–H and O–H groups in total. The van der Waals surface area contributed by atoms with E-state index in [4.69, 9.17) is 5.11 Å². The molecule has 98 valence electrons. The molecule has 1 unspecified atom stereocenters. The van der Waals surface area contributed by atoms with Gasteiger partial charge in [0.05, 0.1) is 6.54 Å². The molecule has 0 aromatic carbocycles. The van der Waals surface area contributed by atoms with E-state index in [-0.39, 0.29) is 6.61 Å². The third-order valence-electron chi connectivity index (χ3n) is 2.90. The minimum Gasteiger partial charge on any atom is -0.396 e. The lowest BCUT2D eigenvalue weighted by molar-refractivity contribution is 0.242. The van der Waals surface area contributed by atoms with Crippen molar-refractivity contribution in [1.29, 1.82) is 0 Å². The molecule has 17 heavy (non-hydrogen) atoms. The molecule has 5 nitrogen and oxygen atoms in total. The van der Waals surface area contributed by atoms with Crippen molar-refractivity contribution in [2.24, 2.45) is 5.92 Å². The average molecular weight is 240 g/mol. The molecule has 0 saturated carbocycles. The first-order valence-electron chi connectivity index (χ1n) is 6.28. The second kappa shape index (κ2) is 6.71. The van der Waals surface area contributed by atoms with Crippen LogP contribution in [0.1, 0.15) is 46.0 Å². The molecule has 0 radical (unpaired) electrons. The van der Waals surface area contributed by atoms with Crippen LogP contribution < -0.4 is 5.32 Å². The van der Waals surface area contributed by atoms with Crippen LogP contribution in [0.25, 0.3) is 0 Å². The van der Waals surface area contributed by atoms with Crippen LogP contribution in [0, 0.1) is 5.92 Å². The fourth-order valence-electron chi connectivity index (χ4n) is 1.86. The van der Waals surface area contributed by atoms with Crippen molar-refractivity contribution >= 4 is 0 Å². The quantitative estimate of drug-likeness (QED) is 0.755. The number of aliphatic hydroxyl groups is 1. The van der Waals surface area contributed by atoms with Gasteiger partial charge >= 0.3 is 0 Å². The van der Waals surface area contributed by atoms with E-state index in [1.54, 1.807) is 6.33 Å². The highest BCUT2D eigenvalue weighted by Crippen LogP contribution is 2.09. The number of aliphatic hydroxyl groups excluding tert-OH is 1. The highest BCUT2D eigenvalue weighted by molar-refractivity contribution is 4.87. The largest absolute Gasteiger partial charge is 0.396 e. The van der Waals surface area contributed by atoms with E-state index in [0.717, 1.165) is 12.2 Å². The van der Waals surface area contributed by atoms with Crippen LogP contribution in [-0.4, -0.2) is 32.5 Å². The van der Waals surface area contributed by atoms with Crippen LogP contribution in [0.15, 0.2) is 6.33 Å². The van der Waals surface area contributed by atoms with Crippen molar-refractivity contribution in [3.05, 3.63) is 12.2 Å². The smallest absolute Gasteiger partial charge is 0.141 e. The van der Waals surface area contributed by atoms with E-state index in [2.05, 4.69) is 43.1 Å². The van der Waals surface area contributed by atoms with Crippen LogP contribution in [0.4, 0.5) is 0 Å². The summed E-state index contributed by atoms with van der Waals surface area (Å²) in [4.78, 5) is 4.26. The average Bonchev–Trinajstić information content (AvgIpc) is 2.71. The summed E-state index contributed by atoms with van der Waals surface area (Å²) in [7, 11) is 0. The van der Waals surface area contributed by atoms with Crippen molar-refractivity contribution in [2.75, 3.05) is 6.61 Å². The Morgan fingerprint density at radius 1 is 1.35 bits per heavy atom. The summed E-state index contributed by atoms with van der Waals surface area (Å²) in [5, 5.41) is 16.6. The van der Waals surface area contributed by atoms with Gasteiger partial charge in [0.2, 0.25) is 0 Å². The molecule has 1 aromatic rings. The normalized spacial score (nSPS) is 13.6. The molecular weight excluding hydrogens is 216 g/mol. The zero-order valence-electron chi connectivity index (χ0n) is 11.2. The van der Waals surface area contributed by atoms with Crippen LogP contribution in [0.3, 0.4) is 0 Å². The molecule has 5 heteroatoms. The maximum absolute atomic E-state index is 9.01. The highest BCUT2D eigenvalue weighted by atomic mass is 16.3. The third-order valence-corrected chi connectivity index (χ3v) is 2.90. The molecule has 1 heterocycles. The Morgan fingerprint density at radius 3 is 2.59 bits per heavy atom. The van der Waals surface area contributed by atoms with Crippen LogP contribution >= 0.6 is 0 Å². The highest BCUT2D eigenvalue weighted by Gasteiger charge is 2.14. The monoisotopic (exact) mass is 240 g/mol. The summed E-state index contributed by atoms with van der Waals surface area (Å²) < 4.78 is 1.92. The molecule has 0 bridgehead atoms. The lowest BCUT2D eigenvalue weighted by Crippen LogP contribution is -2.35. The summed E-state index contributed by atoms with van der Waals surface area (Å²) in [5.74, 6) is 1.45. The summed E-state index contributed by atoms with van der Waals surface area (Å²) in [6.07, 6.45) is 2.36. The zero-order chi connectivity index (χ0) is 12.8. The predicted octanol–water partition coefficient (Wildman–Crippen LogP) is 1.36. The van der Waals surface area contributed by atoms with E-state index in [1.165, 1.54) is 0 Å². The van der Waals surface area contributed by atoms with Crippen molar-refractivity contribution < 1.29 is 5.11 Å². The number of rotatable bonds is 7. The fraction of sp³-hybridized carbons (Fsp3) is 0.833. The lowest BCUT2D eigenvalue weighted by atomic mass is 10.0. The predicted molar refractivity (Wildman–Crippen MR) is 67.6 cm³/mol. The molecule has 1 rings (SSSR count). The zero-order valence-corrected chi connectivity index (χ0v) is 11.2. The summed E-state index contributed by atoms with van der Waals surface area (Å²) in [6.45, 7) is 9.40. The van der Waals surface area contributed by atoms with Gasteiger partial charge in [-0.3, -0.25) is 0 Å². The Morgan fingerprint density at radius 2 is 2.06 bits per heavy atom. The summed E-state index contributed by atoms with van der Waals surface area (Å²) in [6, 6.07) is 0.641. The molecule has 1 atom stereocenters. The van der Waals surface area contributed by atoms with Gasteiger partial charge in [0.1, 0.15) is 12.2 Å². The fourth-order valence-corrected chi connectivity index (χ4v) is 1.86. The molecule has 0 aliphatic rings. The minimum absolute atomic E-state index is 0.215. The first-order chi connectivity index (χ1) is 8.06. The maximum atomic E-state index is 9.01. The number of nitrogens with zero attached hydrogens (tertiary/aromatic N) is 3. The van der Waals surface area contributed by atoms with Gasteiger partial charge in [0.15, 0.2) is 0 Å². The van der Waals surface area contributed by atoms with Gasteiger partial charge in [0.25, 0.3) is 0 Å². The summed E-state index contributed by atoms with van der Waals surface area (Å²) >= 11 is 0. The molecule has 0 saturated heterocycles. The Bertz CT molecular complexity index is 322. The van der Waals surface area contributed by atoms with E-state index >= 15 is 0 Å². The van der Waals surface area contributed by atoms with E-state index < -0.39 is 0 Å². The lowest BCUT2D eigenvalue weighted by Gasteiger charge is -2.21. The van der Waals surface area contributed by atoms with Crippen LogP contribution in [0.5, 0.6) is 0 Å². The first-order valence-corrected chi connectivity index (χ1v) is 6.28. The Kier molecular flexibility index (Phi) is 5.58. The van der Waals surface area contributed by atoms with Gasteiger partial charge in [-0.2, -0.15) is 5.10 Å². The minimum atomic E-state index is 0.215. The van der Waals surface area contributed by atoms with Crippen LogP contribution in [-0.2, 0) is 6.54 Å². The van der Waals surface area contributed by atoms with Gasteiger partial charge in [0, 0.05) is 18.7 Å². The van der Waals surface area contributed by atoms with E-state index in [1.807, 2.05) is 4.68 Å². The topological polar surface area (TPSA) is 63.0 Å². The maximum Gasteiger partial charge on any atom is 0.141 e. The van der Waals surface area contributed by atoms with Crippen molar-refractivity contribution in [1.82, 2.24) is 20.1 Å². The van der Waals surface area contributed by atoms with Gasteiger partial charge in [-0.05, 0) is 26.2 Å². The second-order valence-electron chi connectivity index (χ2n) is 4.96. The van der Waals surface area contributed by atoms with Crippen LogP contribution in [0.2, 0.25) is 0 Å². The van der Waals surface area contributed by atoms with Gasteiger partial charge in [-0.15, -0.1) is 0 Å². The van der Waals surface area contributed by atoms with Gasteiger partial charge in [-0.1, -0.05) is 13.8 Å².